The maximum Gasteiger partial charge on any atom is 0.310 e. The highest BCUT2D eigenvalue weighted by Gasteiger charge is 2.56. The Balaban J connectivity index is 2.35. The minimum Gasteiger partial charge on any atom is -0.481 e. The highest BCUT2D eigenvalue weighted by molar-refractivity contribution is 6.34. The largest absolute Gasteiger partial charge is 0.481 e. The van der Waals surface area contributed by atoms with Gasteiger partial charge in [0.1, 0.15) is 0 Å². The predicted octanol–water partition coefficient (Wildman–Crippen LogP) is 3.80. The Bertz CT molecular complexity index is 1020. The Kier molecular flexibility index (Phi) is 5.61. The van der Waals surface area contributed by atoms with Crippen molar-refractivity contribution in [1.82, 2.24) is 5.32 Å². The third-order valence-electron chi connectivity index (χ3n) is 5.73. The molecule has 1 unspecified atom stereocenters. The van der Waals surface area contributed by atoms with Gasteiger partial charge in [-0.05, 0) is 29.5 Å². The van der Waals surface area contributed by atoms with Crippen LogP contribution in [0.25, 0.3) is 0 Å². The van der Waals surface area contributed by atoms with Crippen molar-refractivity contribution in [3.8, 4) is 0 Å². The number of carboxylic acids is 1. The minimum atomic E-state index is -1.97. The number of Topliss-reactive ketones (excluding diaryl/α,β-unsaturated/α-hetero) is 2. The first kappa shape index (κ1) is 21.4. The standard InChI is InChI=1S/C24H25NO5/c1-5-20(26)25-24(21(27)16-8-6-7-9-17(16)22(24)28)19-11-10-15(13(2)3)12-18(19)14(4)23(29)30/h6-14H,5H2,1-4H3,(H,25,26)(H,29,30). The molecule has 0 fully saturated rings. The molecule has 0 saturated carbocycles. The van der Waals surface area contributed by atoms with Crippen LogP contribution in [0.1, 0.15) is 83.4 Å². The smallest absolute Gasteiger partial charge is 0.310 e. The highest BCUT2D eigenvalue weighted by atomic mass is 16.4. The average molecular weight is 407 g/mol. The number of nitrogens with one attached hydrogen (secondary N) is 1. The van der Waals surface area contributed by atoms with Crippen LogP contribution in [0, 0.1) is 0 Å². The number of carboxylic acid groups (broad SMARTS) is 1. The fourth-order valence-electron chi connectivity index (χ4n) is 3.88. The van der Waals surface area contributed by atoms with Crippen molar-refractivity contribution >= 4 is 23.4 Å². The molecule has 6 nitrogen and oxygen atoms in total. The zero-order valence-corrected chi connectivity index (χ0v) is 17.5. The van der Waals surface area contributed by atoms with E-state index in [2.05, 4.69) is 5.32 Å². The van der Waals surface area contributed by atoms with Crippen LogP contribution in [0.2, 0.25) is 0 Å². The normalized spacial score (nSPS) is 15.8. The number of hydrogen-bond acceptors (Lipinski definition) is 4. The molecule has 0 heterocycles. The van der Waals surface area contributed by atoms with Gasteiger partial charge in [-0.1, -0.05) is 63.2 Å². The summed E-state index contributed by atoms with van der Waals surface area (Å²) >= 11 is 0. The SMILES string of the molecule is CCC(=O)NC1(c2ccc(C(C)C)cc2C(C)C(=O)O)C(=O)c2ccccc2C1=O. The fourth-order valence-corrected chi connectivity index (χ4v) is 3.88. The summed E-state index contributed by atoms with van der Waals surface area (Å²) in [4.78, 5) is 51.4. The van der Waals surface area contributed by atoms with E-state index >= 15 is 0 Å². The minimum absolute atomic E-state index is 0.0759. The van der Waals surface area contributed by atoms with Crippen LogP contribution in [0.15, 0.2) is 42.5 Å². The first-order valence-electron chi connectivity index (χ1n) is 10.0. The number of hydrogen-bond donors (Lipinski definition) is 2. The highest BCUT2D eigenvalue weighted by Crippen LogP contribution is 2.41. The molecule has 6 heteroatoms. The van der Waals surface area contributed by atoms with E-state index in [0.29, 0.717) is 5.56 Å². The number of amides is 1. The number of ketones is 2. The molecule has 2 N–H and O–H groups in total. The lowest BCUT2D eigenvalue weighted by Crippen LogP contribution is -2.54. The number of carbonyl (C=O) groups is 4. The second kappa shape index (κ2) is 7.86. The second-order valence-electron chi connectivity index (χ2n) is 7.92. The van der Waals surface area contributed by atoms with E-state index in [1.54, 1.807) is 49.4 Å². The third-order valence-corrected chi connectivity index (χ3v) is 5.73. The Morgan fingerprint density at radius 3 is 2.03 bits per heavy atom. The van der Waals surface area contributed by atoms with E-state index in [9.17, 15) is 24.3 Å². The Morgan fingerprint density at radius 2 is 1.57 bits per heavy atom. The van der Waals surface area contributed by atoms with Gasteiger partial charge in [-0.2, -0.15) is 0 Å². The molecule has 0 aliphatic heterocycles. The van der Waals surface area contributed by atoms with Gasteiger partial charge in [0, 0.05) is 17.5 Å². The van der Waals surface area contributed by atoms with Crippen LogP contribution in [0.3, 0.4) is 0 Å². The lowest BCUT2D eigenvalue weighted by Gasteiger charge is -2.31. The number of fused-ring (bicyclic) bond motifs is 1. The van der Waals surface area contributed by atoms with Crippen molar-refractivity contribution in [2.24, 2.45) is 0 Å². The van der Waals surface area contributed by atoms with Crippen LogP contribution in [-0.2, 0) is 15.1 Å². The third kappa shape index (κ3) is 3.22. The van der Waals surface area contributed by atoms with Crippen molar-refractivity contribution in [1.29, 1.82) is 0 Å². The van der Waals surface area contributed by atoms with E-state index in [4.69, 9.17) is 0 Å². The molecule has 30 heavy (non-hydrogen) atoms. The molecule has 0 bridgehead atoms. The molecule has 0 radical (unpaired) electrons. The summed E-state index contributed by atoms with van der Waals surface area (Å²) in [5, 5.41) is 12.3. The topological polar surface area (TPSA) is 101 Å². The quantitative estimate of drug-likeness (QED) is 0.710. The average Bonchev–Trinajstić information content (AvgIpc) is 2.95. The number of carbonyl (C=O) groups excluding carboxylic acids is 3. The first-order valence-corrected chi connectivity index (χ1v) is 10.0. The summed E-state index contributed by atoms with van der Waals surface area (Å²) in [7, 11) is 0. The predicted molar refractivity (Wildman–Crippen MR) is 112 cm³/mol. The van der Waals surface area contributed by atoms with Gasteiger partial charge in [-0.25, -0.2) is 0 Å². The molecule has 1 aliphatic carbocycles. The maximum absolute atomic E-state index is 13.6. The molecule has 3 rings (SSSR count). The van der Waals surface area contributed by atoms with E-state index in [-0.39, 0.29) is 29.0 Å². The van der Waals surface area contributed by atoms with Crippen molar-refractivity contribution in [2.45, 2.75) is 51.5 Å². The monoisotopic (exact) mass is 407 g/mol. The Morgan fingerprint density at radius 1 is 1.00 bits per heavy atom. The maximum atomic E-state index is 13.6. The van der Waals surface area contributed by atoms with Crippen LogP contribution in [-0.4, -0.2) is 28.5 Å². The summed E-state index contributed by atoms with van der Waals surface area (Å²) < 4.78 is 0. The summed E-state index contributed by atoms with van der Waals surface area (Å²) in [6, 6.07) is 11.5. The second-order valence-corrected chi connectivity index (χ2v) is 7.92. The number of rotatable bonds is 6. The Labute approximate surface area is 175 Å². The van der Waals surface area contributed by atoms with Gasteiger partial charge in [-0.15, -0.1) is 0 Å². The lowest BCUT2D eigenvalue weighted by atomic mass is 9.77. The van der Waals surface area contributed by atoms with Crippen LogP contribution < -0.4 is 5.32 Å². The molecule has 0 aromatic heterocycles. The van der Waals surface area contributed by atoms with Gasteiger partial charge in [0.25, 0.3) is 0 Å². The van der Waals surface area contributed by atoms with Crippen molar-refractivity contribution in [2.75, 3.05) is 0 Å². The van der Waals surface area contributed by atoms with E-state index in [0.717, 1.165) is 5.56 Å². The van der Waals surface area contributed by atoms with Gasteiger partial charge in [0.05, 0.1) is 5.92 Å². The molecular formula is C24H25NO5. The Hall–Kier alpha value is -3.28. The zero-order valence-electron chi connectivity index (χ0n) is 17.5. The summed E-state index contributed by atoms with van der Waals surface area (Å²) in [6.07, 6.45) is 0.0759. The van der Waals surface area contributed by atoms with Crippen LogP contribution >= 0.6 is 0 Å². The van der Waals surface area contributed by atoms with Gasteiger partial charge >= 0.3 is 5.97 Å². The zero-order chi connectivity index (χ0) is 22.2. The van der Waals surface area contributed by atoms with Gasteiger partial charge in [0.2, 0.25) is 17.5 Å². The van der Waals surface area contributed by atoms with Crippen LogP contribution in [0.4, 0.5) is 0 Å². The van der Waals surface area contributed by atoms with Crippen molar-refractivity contribution < 1.29 is 24.3 Å². The number of benzene rings is 2. The van der Waals surface area contributed by atoms with Crippen molar-refractivity contribution in [3.05, 3.63) is 70.3 Å². The van der Waals surface area contributed by atoms with E-state index in [1.165, 1.54) is 6.92 Å². The molecule has 156 valence electrons. The molecule has 0 saturated heterocycles. The molecule has 2 aromatic carbocycles. The molecule has 2 aromatic rings. The van der Waals surface area contributed by atoms with Crippen molar-refractivity contribution in [3.63, 3.8) is 0 Å². The molecule has 1 amide bonds. The summed E-state index contributed by atoms with van der Waals surface area (Å²) in [6.45, 7) is 7.08. The molecule has 0 spiro atoms. The molecule has 1 aliphatic rings. The molecular weight excluding hydrogens is 382 g/mol. The number of aliphatic carboxylic acids is 1. The van der Waals surface area contributed by atoms with Crippen LogP contribution in [0.5, 0.6) is 0 Å². The van der Waals surface area contributed by atoms with E-state index < -0.39 is 34.9 Å². The molecule has 1 atom stereocenters. The summed E-state index contributed by atoms with van der Waals surface area (Å²) in [5.74, 6) is -3.48. The summed E-state index contributed by atoms with van der Waals surface area (Å²) in [5.41, 5.74) is -0.0733. The lowest BCUT2D eigenvalue weighted by molar-refractivity contribution is -0.138. The van der Waals surface area contributed by atoms with Gasteiger partial charge < -0.3 is 10.4 Å². The van der Waals surface area contributed by atoms with Gasteiger partial charge in [0.15, 0.2) is 5.54 Å². The van der Waals surface area contributed by atoms with Gasteiger partial charge in [-0.3, -0.25) is 19.2 Å². The first-order chi connectivity index (χ1) is 14.1. The fraction of sp³-hybridized carbons (Fsp3) is 0.333. The van der Waals surface area contributed by atoms with E-state index in [1.807, 2.05) is 13.8 Å².